The lowest BCUT2D eigenvalue weighted by molar-refractivity contribution is 0.830. The first kappa shape index (κ1) is 11.2. The Labute approximate surface area is 109 Å². The molecule has 0 aliphatic carbocycles. The van der Waals surface area contributed by atoms with E-state index in [1.807, 2.05) is 30.3 Å². The Balaban J connectivity index is 2.26. The van der Waals surface area contributed by atoms with Crippen LogP contribution in [-0.2, 0) is 6.54 Å². The van der Waals surface area contributed by atoms with E-state index in [9.17, 15) is 0 Å². The average Bonchev–Trinajstić information content (AvgIpc) is 2.83. The second-order valence-corrected chi connectivity index (χ2v) is 4.41. The molecule has 0 unspecified atom stereocenters. The van der Waals surface area contributed by atoms with Gasteiger partial charge in [0.2, 0.25) is 0 Å². The normalized spacial score (nSPS) is 11.0. The van der Waals surface area contributed by atoms with Crippen molar-refractivity contribution in [2.24, 2.45) is 5.73 Å². The summed E-state index contributed by atoms with van der Waals surface area (Å²) in [5, 5.41) is 5.81. The van der Waals surface area contributed by atoms with Gasteiger partial charge in [-0.25, -0.2) is 9.67 Å². The molecule has 3 rings (SSSR count). The van der Waals surface area contributed by atoms with Gasteiger partial charge in [-0.2, -0.15) is 5.10 Å². The fourth-order valence-corrected chi connectivity index (χ4v) is 2.05. The highest BCUT2D eigenvalue weighted by molar-refractivity contribution is 6.30. The molecule has 0 saturated carbocycles. The number of halogens is 1. The maximum atomic E-state index is 5.88. The topological polar surface area (TPSA) is 56.7 Å². The van der Waals surface area contributed by atoms with Crippen molar-refractivity contribution in [1.29, 1.82) is 0 Å². The smallest absolute Gasteiger partial charge is 0.158 e. The van der Waals surface area contributed by atoms with Gasteiger partial charge in [0.25, 0.3) is 0 Å². The van der Waals surface area contributed by atoms with Gasteiger partial charge in [0.1, 0.15) is 0 Å². The van der Waals surface area contributed by atoms with Gasteiger partial charge in [-0.15, -0.1) is 0 Å². The number of fused-ring (bicyclic) bond motifs is 1. The number of hydrogen-bond acceptors (Lipinski definition) is 3. The summed E-state index contributed by atoms with van der Waals surface area (Å²) in [6.07, 6.45) is 3.30. The Kier molecular flexibility index (Phi) is 2.74. The van der Waals surface area contributed by atoms with Crippen molar-refractivity contribution < 1.29 is 0 Å². The van der Waals surface area contributed by atoms with Gasteiger partial charge < -0.3 is 5.73 Å². The number of nitrogens with zero attached hydrogens (tertiary/aromatic N) is 3. The van der Waals surface area contributed by atoms with E-state index in [4.69, 9.17) is 17.3 Å². The average molecular weight is 259 g/mol. The fraction of sp³-hybridized carbons (Fsp3) is 0.0769. The van der Waals surface area contributed by atoms with Gasteiger partial charge in [0.05, 0.1) is 22.9 Å². The van der Waals surface area contributed by atoms with E-state index in [1.54, 1.807) is 17.1 Å². The zero-order chi connectivity index (χ0) is 12.5. The molecule has 2 N–H and O–H groups in total. The number of rotatable bonds is 2. The van der Waals surface area contributed by atoms with Crippen LogP contribution in [0.15, 0.2) is 42.7 Å². The van der Waals surface area contributed by atoms with Gasteiger partial charge in [0.15, 0.2) is 5.82 Å². The summed E-state index contributed by atoms with van der Waals surface area (Å²) in [4.78, 5) is 4.59. The maximum absolute atomic E-state index is 5.88. The van der Waals surface area contributed by atoms with Crippen molar-refractivity contribution in [3.8, 4) is 5.82 Å². The summed E-state index contributed by atoms with van der Waals surface area (Å²) < 4.78 is 1.65. The highest BCUT2D eigenvalue weighted by Crippen LogP contribution is 2.20. The molecule has 0 saturated heterocycles. The maximum Gasteiger partial charge on any atom is 0.158 e. The SMILES string of the molecule is NCc1cc2ccccc2nc1-n1cc(Cl)cn1. The first-order valence-electron chi connectivity index (χ1n) is 5.57. The van der Waals surface area contributed by atoms with Crippen LogP contribution >= 0.6 is 11.6 Å². The van der Waals surface area contributed by atoms with Gasteiger partial charge in [-0.3, -0.25) is 0 Å². The van der Waals surface area contributed by atoms with Crippen LogP contribution in [-0.4, -0.2) is 14.8 Å². The van der Waals surface area contributed by atoms with Crippen LogP contribution in [0.2, 0.25) is 5.02 Å². The van der Waals surface area contributed by atoms with Gasteiger partial charge in [0, 0.05) is 17.5 Å². The van der Waals surface area contributed by atoms with E-state index < -0.39 is 0 Å². The van der Waals surface area contributed by atoms with Crippen LogP contribution in [0.1, 0.15) is 5.56 Å². The van der Waals surface area contributed by atoms with Crippen LogP contribution in [0, 0.1) is 0 Å². The number of aromatic nitrogens is 3. The van der Waals surface area contributed by atoms with Crippen LogP contribution < -0.4 is 5.73 Å². The quantitative estimate of drug-likeness (QED) is 0.768. The van der Waals surface area contributed by atoms with Gasteiger partial charge >= 0.3 is 0 Å². The summed E-state index contributed by atoms with van der Waals surface area (Å²) in [6.45, 7) is 0.407. The molecule has 0 bridgehead atoms. The van der Waals surface area contributed by atoms with E-state index in [1.165, 1.54) is 0 Å². The monoisotopic (exact) mass is 258 g/mol. The van der Waals surface area contributed by atoms with E-state index in [2.05, 4.69) is 10.1 Å². The highest BCUT2D eigenvalue weighted by atomic mass is 35.5. The molecular weight excluding hydrogens is 248 g/mol. The lowest BCUT2D eigenvalue weighted by Crippen LogP contribution is -2.07. The molecule has 2 aromatic heterocycles. The van der Waals surface area contributed by atoms with Crippen LogP contribution in [0.5, 0.6) is 0 Å². The van der Waals surface area contributed by atoms with Crippen LogP contribution in [0.4, 0.5) is 0 Å². The predicted molar refractivity (Wildman–Crippen MR) is 71.8 cm³/mol. The second-order valence-electron chi connectivity index (χ2n) is 3.97. The lowest BCUT2D eigenvalue weighted by atomic mass is 10.1. The molecule has 0 aliphatic heterocycles. The standard InChI is InChI=1S/C13H11ClN4/c14-11-7-16-18(8-11)13-10(6-15)5-9-3-1-2-4-12(9)17-13/h1-5,7-8H,6,15H2. The van der Waals surface area contributed by atoms with E-state index >= 15 is 0 Å². The third-order valence-corrected chi connectivity index (χ3v) is 2.96. The van der Waals surface area contributed by atoms with Crippen molar-refractivity contribution in [1.82, 2.24) is 14.8 Å². The molecule has 2 heterocycles. The first-order chi connectivity index (χ1) is 8.78. The zero-order valence-electron chi connectivity index (χ0n) is 9.55. The summed E-state index contributed by atoms with van der Waals surface area (Å²) in [5.74, 6) is 0.725. The Hall–Kier alpha value is -1.91. The molecule has 3 aromatic rings. The number of para-hydroxylation sites is 1. The van der Waals surface area contributed by atoms with Crippen molar-refractivity contribution in [3.63, 3.8) is 0 Å². The minimum absolute atomic E-state index is 0.407. The number of pyridine rings is 1. The molecule has 0 radical (unpaired) electrons. The Morgan fingerprint density at radius 3 is 2.83 bits per heavy atom. The van der Waals surface area contributed by atoms with Gasteiger partial charge in [-0.05, 0) is 12.1 Å². The molecule has 0 fully saturated rings. The van der Waals surface area contributed by atoms with Crippen molar-refractivity contribution in [2.75, 3.05) is 0 Å². The number of benzene rings is 1. The molecule has 5 heteroatoms. The Morgan fingerprint density at radius 2 is 2.11 bits per heavy atom. The fourth-order valence-electron chi connectivity index (χ4n) is 1.91. The summed E-state index contributed by atoms with van der Waals surface area (Å²) >= 11 is 5.88. The lowest BCUT2D eigenvalue weighted by Gasteiger charge is -2.08. The summed E-state index contributed by atoms with van der Waals surface area (Å²) in [6, 6.07) is 9.95. The minimum Gasteiger partial charge on any atom is -0.326 e. The molecule has 0 aliphatic rings. The molecule has 4 nitrogen and oxygen atoms in total. The van der Waals surface area contributed by atoms with Crippen molar-refractivity contribution in [2.45, 2.75) is 6.54 Å². The van der Waals surface area contributed by atoms with Gasteiger partial charge in [-0.1, -0.05) is 29.8 Å². The van der Waals surface area contributed by atoms with E-state index in [0.29, 0.717) is 11.6 Å². The highest BCUT2D eigenvalue weighted by Gasteiger charge is 2.08. The van der Waals surface area contributed by atoms with Crippen LogP contribution in [0.25, 0.3) is 16.7 Å². The van der Waals surface area contributed by atoms with Crippen LogP contribution in [0.3, 0.4) is 0 Å². The molecular formula is C13H11ClN4. The summed E-state index contributed by atoms with van der Waals surface area (Å²) in [5.41, 5.74) is 7.62. The van der Waals surface area contributed by atoms with E-state index in [0.717, 1.165) is 22.3 Å². The van der Waals surface area contributed by atoms with Crippen molar-refractivity contribution in [3.05, 3.63) is 53.3 Å². The molecule has 0 atom stereocenters. The molecule has 0 amide bonds. The largest absolute Gasteiger partial charge is 0.326 e. The minimum atomic E-state index is 0.407. The molecule has 90 valence electrons. The number of nitrogens with two attached hydrogens (primary N) is 1. The zero-order valence-corrected chi connectivity index (χ0v) is 10.3. The molecule has 1 aromatic carbocycles. The van der Waals surface area contributed by atoms with Crippen molar-refractivity contribution >= 4 is 22.5 Å². The third kappa shape index (κ3) is 1.85. The number of hydrogen-bond donors (Lipinski definition) is 1. The van der Waals surface area contributed by atoms with E-state index in [-0.39, 0.29) is 0 Å². The first-order valence-corrected chi connectivity index (χ1v) is 5.95. The molecule has 18 heavy (non-hydrogen) atoms. The Bertz CT molecular complexity index is 705. The second kappa shape index (κ2) is 4.40. The summed E-state index contributed by atoms with van der Waals surface area (Å²) in [7, 11) is 0. The molecule has 0 spiro atoms. The third-order valence-electron chi connectivity index (χ3n) is 2.77. The Morgan fingerprint density at radius 1 is 1.28 bits per heavy atom. The predicted octanol–water partition coefficient (Wildman–Crippen LogP) is 2.53.